The van der Waals surface area contributed by atoms with Crippen LogP contribution in [0.25, 0.3) is 10.8 Å². The third kappa shape index (κ3) is 2.10. The smallest absolute Gasteiger partial charge is 0.123 e. The fourth-order valence-corrected chi connectivity index (χ4v) is 1.87. The number of phenolic OH excluding ortho intramolecular Hbond substituents is 1. The maximum Gasteiger partial charge on any atom is 0.123 e. The van der Waals surface area contributed by atoms with Gasteiger partial charge in [0.1, 0.15) is 18.0 Å². The zero-order valence-corrected chi connectivity index (χ0v) is 9.11. The Morgan fingerprint density at radius 3 is 2.24 bits per heavy atom. The van der Waals surface area contributed by atoms with E-state index in [0.29, 0.717) is 16.3 Å². The van der Waals surface area contributed by atoms with Gasteiger partial charge in [0.15, 0.2) is 0 Å². The molecule has 17 heavy (non-hydrogen) atoms. The van der Waals surface area contributed by atoms with Crippen LogP contribution in [0, 0.1) is 0 Å². The van der Waals surface area contributed by atoms with E-state index < -0.39 is 18.8 Å². The molecule has 0 amide bonds. The minimum absolute atomic E-state index is 0.120. The van der Waals surface area contributed by atoms with Gasteiger partial charge < -0.3 is 20.4 Å². The van der Waals surface area contributed by atoms with E-state index >= 15 is 0 Å². The second-order valence-corrected chi connectivity index (χ2v) is 3.91. The van der Waals surface area contributed by atoms with Gasteiger partial charge in [0.05, 0.1) is 6.61 Å². The van der Waals surface area contributed by atoms with E-state index in [1.807, 2.05) is 0 Å². The summed E-state index contributed by atoms with van der Waals surface area (Å²) in [5, 5.41) is 39.1. The van der Waals surface area contributed by atoms with Gasteiger partial charge in [-0.15, -0.1) is 0 Å². The molecular formula is C13H14O4. The largest absolute Gasteiger partial charge is 0.507 e. The summed E-state index contributed by atoms with van der Waals surface area (Å²) in [6.07, 6.45) is -2.41. The number of hydrogen-bond donors (Lipinski definition) is 4. The number of fused-ring (bicyclic) bond motifs is 1. The molecule has 4 nitrogen and oxygen atoms in total. The molecule has 2 aromatic rings. The standard InChI is InChI=1S/C13H14O4/c14-7-12(16)13(17)10-5-6-11(15)9-4-2-1-3-8(9)10/h1-6,12-17H,7H2. The summed E-state index contributed by atoms with van der Waals surface area (Å²) >= 11 is 0. The number of hydrogen-bond acceptors (Lipinski definition) is 4. The SMILES string of the molecule is OCC(O)C(O)c1ccc(O)c2ccccc12. The predicted octanol–water partition coefficient (Wildman–Crippen LogP) is 0.932. The molecule has 0 aliphatic heterocycles. The predicted molar refractivity (Wildman–Crippen MR) is 63.7 cm³/mol. The Bertz CT molecular complexity index is 524. The summed E-state index contributed by atoms with van der Waals surface area (Å²) in [7, 11) is 0. The molecule has 4 N–H and O–H groups in total. The quantitative estimate of drug-likeness (QED) is 0.637. The highest BCUT2D eigenvalue weighted by Gasteiger charge is 2.20. The third-order valence-corrected chi connectivity index (χ3v) is 2.80. The molecular weight excluding hydrogens is 220 g/mol. The molecule has 2 atom stereocenters. The summed E-state index contributed by atoms with van der Waals surface area (Å²) in [5.41, 5.74) is 0.486. The van der Waals surface area contributed by atoms with Crippen LogP contribution in [0.15, 0.2) is 36.4 Å². The lowest BCUT2D eigenvalue weighted by molar-refractivity contribution is -0.0145. The molecule has 2 aromatic carbocycles. The second-order valence-electron chi connectivity index (χ2n) is 3.91. The van der Waals surface area contributed by atoms with Gasteiger partial charge in [-0.1, -0.05) is 30.3 Å². The average molecular weight is 234 g/mol. The minimum atomic E-state index is -1.23. The lowest BCUT2D eigenvalue weighted by Gasteiger charge is -2.18. The first-order valence-electron chi connectivity index (χ1n) is 5.32. The van der Waals surface area contributed by atoms with Crippen molar-refractivity contribution in [2.45, 2.75) is 12.2 Å². The van der Waals surface area contributed by atoms with Gasteiger partial charge in [-0.3, -0.25) is 0 Å². The number of aliphatic hydroxyl groups excluding tert-OH is 3. The topological polar surface area (TPSA) is 80.9 Å². The molecule has 0 spiro atoms. The van der Waals surface area contributed by atoms with Crippen molar-refractivity contribution in [3.05, 3.63) is 42.0 Å². The Hall–Kier alpha value is -1.62. The van der Waals surface area contributed by atoms with Crippen LogP contribution >= 0.6 is 0 Å². The van der Waals surface area contributed by atoms with Crippen molar-refractivity contribution in [1.82, 2.24) is 0 Å². The minimum Gasteiger partial charge on any atom is -0.507 e. The van der Waals surface area contributed by atoms with Crippen molar-refractivity contribution in [2.75, 3.05) is 6.61 Å². The fraction of sp³-hybridized carbons (Fsp3) is 0.231. The highest BCUT2D eigenvalue weighted by molar-refractivity contribution is 5.91. The monoisotopic (exact) mass is 234 g/mol. The van der Waals surface area contributed by atoms with Crippen LogP contribution in [-0.4, -0.2) is 33.1 Å². The average Bonchev–Trinajstić information content (AvgIpc) is 2.38. The molecule has 0 aliphatic carbocycles. The van der Waals surface area contributed by atoms with E-state index in [1.54, 1.807) is 30.3 Å². The van der Waals surface area contributed by atoms with Crippen LogP contribution in [0.5, 0.6) is 5.75 Å². The highest BCUT2D eigenvalue weighted by Crippen LogP contribution is 2.31. The normalized spacial score (nSPS) is 14.8. The third-order valence-electron chi connectivity index (χ3n) is 2.80. The zero-order chi connectivity index (χ0) is 12.4. The van der Waals surface area contributed by atoms with E-state index in [-0.39, 0.29) is 5.75 Å². The Kier molecular flexibility index (Phi) is 3.28. The lowest BCUT2D eigenvalue weighted by Crippen LogP contribution is -2.22. The van der Waals surface area contributed by atoms with Crippen LogP contribution in [-0.2, 0) is 0 Å². The van der Waals surface area contributed by atoms with Crippen LogP contribution in [0.4, 0.5) is 0 Å². The summed E-state index contributed by atoms with van der Waals surface area (Å²) in [4.78, 5) is 0. The molecule has 2 rings (SSSR count). The maximum atomic E-state index is 9.89. The molecule has 0 aromatic heterocycles. The van der Waals surface area contributed by atoms with E-state index in [2.05, 4.69) is 0 Å². The van der Waals surface area contributed by atoms with E-state index in [0.717, 1.165) is 0 Å². The molecule has 0 aliphatic rings. The highest BCUT2D eigenvalue weighted by atomic mass is 16.4. The number of rotatable bonds is 3. The molecule has 0 radical (unpaired) electrons. The van der Waals surface area contributed by atoms with Gasteiger partial charge in [0.2, 0.25) is 0 Å². The molecule has 0 bridgehead atoms. The first kappa shape index (κ1) is 11.9. The van der Waals surface area contributed by atoms with Gasteiger partial charge in [0, 0.05) is 5.39 Å². The number of benzene rings is 2. The first-order chi connectivity index (χ1) is 8.15. The van der Waals surface area contributed by atoms with Gasteiger partial charge in [-0.25, -0.2) is 0 Å². The Morgan fingerprint density at radius 2 is 1.59 bits per heavy atom. The summed E-state index contributed by atoms with van der Waals surface area (Å²) in [6, 6.07) is 10.0. The van der Waals surface area contributed by atoms with Crippen molar-refractivity contribution in [2.24, 2.45) is 0 Å². The maximum absolute atomic E-state index is 9.89. The van der Waals surface area contributed by atoms with Crippen LogP contribution in [0.2, 0.25) is 0 Å². The molecule has 0 heterocycles. The van der Waals surface area contributed by atoms with Gasteiger partial charge in [-0.05, 0) is 17.0 Å². The molecule has 90 valence electrons. The van der Waals surface area contributed by atoms with Crippen LogP contribution in [0.3, 0.4) is 0 Å². The second kappa shape index (κ2) is 4.71. The Morgan fingerprint density at radius 1 is 0.941 bits per heavy atom. The molecule has 4 heteroatoms. The van der Waals surface area contributed by atoms with Crippen molar-refractivity contribution < 1.29 is 20.4 Å². The zero-order valence-electron chi connectivity index (χ0n) is 9.11. The van der Waals surface area contributed by atoms with Gasteiger partial charge in [0.25, 0.3) is 0 Å². The lowest BCUT2D eigenvalue weighted by atomic mass is 9.97. The van der Waals surface area contributed by atoms with Crippen molar-refractivity contribution in [3.8, 4) is 5.75 Å². The van der Waals surface area contributed by atoms with Crippen molar-refractivity contribution >= 4 is 10.8 Å². The van der Waals surface area contributed by atoms with Gasteiger partial charge >= 0.3 is 0 Å². The van der Waals surface area contributed by atoms with Gasteiger partial charge in [-0.2, -0.15) is 0 Å². The molecule has 0 saturated heterocycles. The van der Waals surface area contributed by atoms with Crippen molar-refractivity contribution in [1.29, 1.82) is 0 Å². The molecule has 0 saturated carbocycles. The van der Waals surface area contributed by atoms with E-state index in [9.17, 15) is 15.3 Å². The number of aliphatic hydroxyl groups is 3. The van der Waals surface area contributed by atoms with Crippen LogP contribution < -0.4 is 0 Å². The van der Waals surface area contributed by atoms with Crippen molar-refractivity contribution in [3.63, 3.8) is 0 Å². The Labute approximate surface area is 98.4 Å². The molecule has 0 fully saturated rings. The summed E-state index contributed by atoms with van der Waals surface area (Å²) in [5.74, 6) is 0.120. The fourth-order valence-electron chi connectivity index (χ4n) is 1.87. The Balaban J connectivity index is 2.59. The van der Waals surface area contributed by atoms with Crippen LogP contribution in [0.1, 0.15) is 11.7 Å². The molecule has 2 unspecified atom stereocenters. The number of phenols is 1. The summed E-state index contributed by atoms with van der Waals surface area (Å²) in [6.45, 7) is -0.517. The van der Waals surface area contributed by atoms with E-state index in [4.69, 9.17) is 5.11 Å². The first-order valence-corrected chi connectivity index (χ1v) is 5.32. The van der Waals surface area contributed by atoms with E-state index in [1.165, 1.54) is 6.07 Å². The number of aromatic hydroxyl groups is 1. The summed E-state index contributed by atoms with van der Waals surface area (Å²) < 4.78 is 0.